The van der Waals surface area contributed by atoms with Gasteiger partial charge in [0.25, 0.3) is 0 Å². The van der Waals surface area contributed by atoms with E-state index in [1.54, 1.807) is 13.8 Å². The van der Waals surface area contributed by atoms with E-state index in [0.717, 1.165) is 4.90 Å². The zero-order valence-electron chi connectivity index (χ0n) is 27.9. The number of primary amides is 1. The molecule has 1 aliphatic heterocycles. The molecule has 1 fully saturated rings. The Labute approximate surface area is 283 Å². The summed E-state index contributed by atoms with van der Waals surface area (Å²) >= 11 is 0. The van der Waals surface area contributed by atoms with Gasteiger partial charge in [-0.15, -0.1) is 0 Å². The molecular formula is C29H49N9O11. The van der Waals surface area contributed by atoms with Crippen LogP contribution in [0.2, 0.25) is 0 Å². The zero-order chi connectivity index (χ0) is 37.1. The van der Waals surface area contributed by atoms with Crippen molar-refractivity contribution in [3.05, 3.63) is 0 Å². The van der Waals surface area contributed by atoms with Crippen LogP contribution in [0, 0.1) is 5.92 Å². The second-order valence-corrected chi connectivity index (χ2v) is 11.5. The summed E-state index contributed by atoms with van der Waals surface area (Å²) in [7, 11) is 1.43. The van der Waals surface area contributed by atoms with E-state index in [9.17, 15) is 53.4 Å². The zero-order valence-corrected chi connectivity index (χ0v) is 27.9. The summed E-state index contributed by atoms with van der Waals surface area (Å²) in [4.78, 5) is 111. The number of β-amino-alcohol motifs (C(OH)–C–C–N with tert-alkyl or cyclic N) is 1. The first-order valence-electron chi connectivity index (χ1n) is 15.9. The molecule has 276 valence electrons. The van der Waals surface area contributed by atoms with E-state index >= 15 is 0 Å². The van der Waals surface area contributed by atoms with Crippen molar-refractivity contribution in [2.45, 2.75) is 76.2 Å². The number of nitrogens with zero attached hydrogens (tertiary/aromatic N) is 1. The Kier molecular flexibility index (Phi) is 19.0. The maximum absolute atomic E-state index is 13.3. The maximum atomic E-state index is 13.3. The monoisotopic (exact) mass is 699 g/mol. The third-order valence-corrected chi connectivity index (χ3v) is 7.55. The summed E-state index contributed by atoms with van der Waals surface area (Å²) in [6.07, 6.45) is -0.258. The number of likely N-dealkylation sites (tertiary alicyclic amines) is 1. The van der Waals surface area contributed by atoms with Gasteiger partial charge in [0, 0.05) is 19.6 Å². The number of carbonyl (C=O) groups is 9. The van der Waals surface area contributed by atoms with E-state index in [1.165, 1.54) is 7.05 Å². The Morgan fingerprint density at radius 1 is 0.878 bits per heavy atom. The van der Waals surface area contributed by atoms with Crippen molar-refractivity contribution in [1.82, 2.24) is 42.1 Å². The normalized spacial score (nSPS) is 17.8. The molecule has 0 spiro atoms. The van der Waals surface area contributed by atoms with Gasteiger partial charge in [-0.25, -0.2) is 0 Å². The Balaban J connectivity index is 2.79. The third kappa shape index (κ3) is 15.0. The molecule has 0 aromatic heterocycles. The minimum Gasteiger partial charge on any atom is -0.396 e. The van der Waals surface area contributed by atoms with Crippen molar-refractivity contribution in [1.29, 1.82) is 0 Å². The summed E-state index contributed by atoms with van der Waals surface area (Å²) in [5, 5.41) is 36.6. The molecule has 1 aliphatic rings. The average molecular weight is 700 g/mol. The fourth-order valence-electron chi connectivity index (χ4n) is 4.94. The molecule has 20 nitrogen and oxygen atoms in total. The van der Waals surface area contributed by atoms with Crippen LogP contribution in [0.15, 0.2) is 0 Å². The van der Waals surface area contributed by atoms with Crippen molar-refractivity contribution in [3.8, 4) is 0 Å². The lowest BCUT2D eigenvalue weighted by atomic mass is 9.97. The second kappa shape index (κ2) is 22.0. The minimum atomic E-state index is -1.27. The molecule has 0 bridgehead atoms. The highest BCUT2D eigenvalue weighted by Crippen LogP contribution is 2.21. The minimum absolute atomic E-state index is 0.0804. The standard InChI is InChI=1S/C29H49N9O11/c1-4-5-18(26(46)34-12-22(43)32-7-9-40)36-24(45)14-33-23(44)13-35-28(48)25(16(2)6-8-39)37-27(47)20-10-17(41)15-38(20)29(49)19(31-3)11-21(30)42/h9,16-20,25,31,39,41H,4-8,10-15H2,1-3H3,(H2,30,42)(H,32,43)(H,33,44)(H,34,46)(H,35,48)(H,36,45)(H,37,47)/t16?,17-,18?,19+,20?,25+/m1/s1. The van der Waals surface area contributed by atoms with E-state index in [0.29, 0.717) is 12.7 Å². The predicted octanol–water partition coefficient (Wildman–Crippen LogP) is -6.14. The van der Waals surface area contributed by atoms with Gasteiger partial charge in [-0.2, -0.15) is 0 Å². The van der Waals surface area contributed by atoms with Crippen molar-refractivity contribution in [2.75, 3.05) is 46.4 Å². The quantitative estimate of drug-likeness (QED) is 0.0472. The van der Waals surface area contributed by atoms with Crippen LogP contribution in [0.4, 0.5) is 0 Å². The highest BCUT2D eigenvalue weighted by molar-refractivity contribution is 5.96. The Morgan fingerprint density at radius 3 is 2.06 bits per heavy atom. The first kappa shape index (κ1) is 42.3. The number of rotatable bonds is 22. The van der Waals surface area contributed by atoms with Crippen molar-refractivity contribution >= 4 is 53.5 Å². The van der Waals surface area contributed by atoms with Crippen LogP contribution in [-0.4, -0.2) is 145 Å². The molecule has 8 amide bonds. The highest BCUT2D eigenvalue weighted by Gasteiger charge is 2.42. The molecule has 1 saturated heterocycles. The Bertz CT molecular complexity index is 1200. The lowest BCUT2D eigenvalue weighted by molar-refractivity contribution is -0.142. The van der Waals surface area contributed by atoms with Crippen LogP contribution < -0.4 is 43.0 Å². The van der Waals surface area contributed by atoms with Crippen LogP contribution >= 0.6 is 0 Å². The molecule has 0 radical (unpaired) electrons. The summed E-state index contributed by atoms with van der Waals surface area (Å²) in [5.41, 5.74) is 5.22. The average Bonchev–Trinajstić information content (AvgIpc) is 3.46. The van der Waals surface area contributed by atoms with Crippen LogP contribution in [0.3, 0.4) is 0 Å². The number of aldehydes is 1. The SMILES string of the molecule is CCCC(NC(=O)CNC(=O)CNC(=O)[C@@H](NC(=O)C1C[C@@H](O)CN1C(=O)[C@H](CC(N)=O)NC)C(C)CCO)C(=O)NCC(=O)NCC=O. The first-order chi connectivity index (χ1) is 23.2. The Hall–Kier alpha value is -4.69. The van der Waals surface area contributed by atoms with E-state index in [1.807, 2.05) is 0 Å². The number of aliphatic hydroxyl groups is 2. The maximum Gasteiger partial charge on any atom is 0.243 e. The van der Waals surface area contributed by atoms with E-state index in [2.05, 4.69) is 37.2 Å². The number of aliphatic hydroxyl groups excluding tert-OH is 2. The van der Waals surface area contributed by atoms with Gasteiger partial charge in [0.1, 0.15) is 24.4 Å². The molecule has 0 aromatic carbocycles. The van der Waals surface area contributed by atoms with Crippen molar-refractivity contribution in [2.24, 2.45) is 11.7 Å². The van der Waals surface area contributed by atoms with E-state index < -0.39 is 103 Å². The number of amides is 8. The topological polar surface area (TPSA) is 308 Å². The number of likely N-dealkylation sites (N-methyl/N-ethyl adjacent to an activating group) is 1. The van der Waals surface area contributed by atoms with Gasteiger partial charge >= 0.3 is 0 Å². The molecule has 49 heavy (non-hydrogen) atoms. The lowest BCUT2D eigenvalue weighted by Crippen LogP contribution is -2.58. The smallest absolute Gasteiger partial charge is 0.243 e. The second-order valence-electron chi connectivity index (χ2n) is 11.5. The molecule has 0 saturated carbocycles. The molecule has 11 N–H and O–H groups in total. The number of hydrogen-bond donors (Lipinski definition) is 10. The molecule has 3 unspecified atom stereocenters. The van der Waals surface area contributed by atoms with Gasteiger partial charge in [0.05, 0.1) is 44.7 Å². The van der Waals surface area contributed by atoms with Crippen molar-refractivity contribution in [3.63, 3.8) is 0 Å². The van der Waals surface area contributed by atoms with Gasteiger partial charge in [0.15, 0.2) is 0 Å². The summed E-state index contributed by atoms with van der Waals surface area (Å²) in [6, 6.07) is -4.52. The molecule has 6 atom stereocenters. The molecule has 20 heteroatoms. The summed E-state index contributed by atoms with van der Waals surface area (Å²) < 4.78 is 0. The molecule has 0 aliphatic carbocycles. The highest BCUT2D eigenvalue weighted by atomic mass is 16.3. The fraction of sp³-hybridized carbons (Fsp3) is 0.690. The van der Waals surface area contributed by atoms with Crippen LogP contribution in [0.5, 0.6) is 0 Å². The van der Waals surface area contributed by atoms with Gasteiger partial charge < -0.3 is 62.9 Å². The largest absolute Gasteiger partial charge is 0.396 e. The predicted molar refractivity (Wildman–Crippen MR) is 171 cm³/mol. The van der Waals surface area contributed by atoms with Gasteiger partial charge in [-0.1, -0.05) is 20.3 Å². The van der Waals surface area contributed by atoms with Gasteiger partial charge in [-0.3, -0.25) is 38.4 Å². The number of carbonyl (C=O) groups excluding carboxylic acids is 9. The van der Waals surface area contributed by atoms with Crippen molar-refractivity contribution < 1.29 is 53.4 Å². The number of hydrogen-bond acceptors (Lipinski definition) is 12. The summed E-state index contributed by atoms with van der Waals surface area (Å²) in [5.74, 6) is -6.39. The molecule has 1 rings (SSSR count). The van der Waals surface area contributed by atoms with Gasteiger partial charge in [-0.05, 0) is 25.8 Å². The van der Waals surface area contributed by atoms with E-state index in [4.69, 9.17) is 5.73 Å². The molecule has 0 aromatic rings. The fourth-order valence-corrected chi connectivity index (χ4v) is 4.94. The molecular weight excluding hydrogens is 650 g/mol. The van der Waals surface area contributed by atoms with Crippen LogP contribution in [-0.2, 0) is 43.2 Å². The van der Waals surface area contributed by atoms with Gasteiger partial charge in [0.2, 0.25) is 47.3 Å². The van der Waals surface area contributed by atoms with Crippen LogP contribution in [0.25, 0.3) is 0 Å². The van der Waals surface area contributed by atoms with Crippen LogP contribution in [0.1, 0.15) is 46.0 Å². The molecule has 1 heterocycles. The van der Waals surface area contributed by atoms with E-state index in [-0.39, 0.29) is 45.4 Å². The lowest BCUT2D eigenvalue weighted by Gasteiger charge is -2.30. The number of nitrogens with one attached hydrogen (secondary N) is 7. The Morgan fingerprint density at radius 2 is 1.49 bits per heavy atom. The number of nitrogens with two attached hydrogens (primary N) is 1. The first-order valence-corrected chi connectivity index (χ1v) is 15.9. The summed E-state index contributed by atoms with van der Waals surface area (Å²) in [6.45, 7) is 1.02. The third-order valence-electron chi connectivity index (χ3n) is 7.55.